The molecule has 4 N–H and O–H groups in total. The molecule has 0 unspecified atom stereocenters. The van der Waals surface area contributed by atoms with Gasteiger partial charge in [-0.05, 0) is 129 Å². The number of carbonyl (C=O) groups excluding carboxylic acids is 2. The topological polar surface area (TPSA) is 161 Å². The average Bonchev–Trinajstić information content (AvgIpc) is 3.41. The molecule has 11 nitrogen and oxygen atoms in total. The first-order valence-corrected chi connectivity index (χ1v) is 20.2. The predicted molar refractivity (Wildman–Crippen MR) is 200 cm³/mol. The highest BCUT2D eigenvalue weighted by Crippen LogP contribution is 2.68. The van der Waals surface area contributed by atoms with Crippen LogP contribution in [-0.2, 0) is 23.7 Å². The normalized spacial score (nSPS) is 41.5. The van der Waals surface area contributed by atoms with E-state index in [1.807, 2.05) is 0 Å². The fourth-order valence-corrected chi connectivity index (χ4v) is 11.5. The van der Waals surface area contributed by atoms with Crippen LogP contribution in [0.2, 0.25) is 0 Å². The highest BCUT2D eigenvalue weighted by atomic mass is 16.7. The summed E-state index contributed by atoms with van der Waals surface area (Å²) in [5, 5.41) is 45.9. The number of methoxy groups -OCH3 is 1. The largest absolute Gasteiger partial charge is 0.497 e. The Morgan fingerprint density at radius 2 is 1.72 bits per heavy atom. The maximum absolute atomic E-state index is 13.4. The number of rotatable bonds is 11. The van der Waals surface area contributed by atoms with Crippen molar-refractivity contribution in [1.82, 2.24) is 0 Å². The third-order valence-corrected chi connectivity index (χ3v) is 14.2. The minimum absolute atomic E-state index is 0.0280. The average molecular weight is 757 g/mol. The Hall–Kier alpha value is -2.54. The molecule has 4 fully saturated rings. The standard InChI is InChI=1S/C43H64O11/c1-22(2)9-16-32(46)23(3)35-34(20-31-30-15-12-27-19-28(45)17-18-42(27,6)36(30)33(47)21-43(31,35)7)53-41-39(52-25(5)44)38(37(48)24(4)51-41)54-40(49)26-10-13-29(50-8)14-11-26/h10-14,22-24,28,30-39,41,45-48H,9,15-21H2,1-8H3/t23-,24+,28+,30+,31+,32+,33-,34+,35-,36-,37+,38-,39-,41+,42+,43+/m1/s1. The molecule has 0 aromatic heterocycles. The zero-order valence-corrected chi connectivity index (χ0v) is 33.4. The van der Waals surface area contributed by atoms with Crippen LogP contribution in [0, 0.1) is 46.3 Å². The number of fused-ring (bicyclic) bond motifs is 5. The van der Waals surface area contributed by atoms with Crippen molar-refractivity contribution in [2.75, 3.05) is 7.11 Å². The van der Waals surface area contributed by atoms with Crippen molar-refractivity contribution in [1.29, 1.82) is 0 Å². The van der Waals surface area contributed by atoms with E-state index in [-0.39, 0.29) is 46.7 Å². The van der Waals surface area contributed by atoms with E-state index in [0.717, 1.165) is 19.3 Å². The van der Waals surface area contributed by atoms with Crippen LogP contribution in [0.1, 0.15) is 110 Å². The van der Waals surface area contributed by atoms with Crippen molar-refractivity contribution in [3.05, 3.63) is 41.5 Å². The fraction of sp³-hybridized carbons (Fsp3) is 0.767. The summed E-state index contributed by atoms with van der Waals surface area (Å²) in [5.74, 6) is -0.435. The van der Waals surface area contributed by atoms with E-state index in [1.54, 1.807) is 31.2 Å². The summed E-state index contributed by atoms with van der Waals surface area (Å²) >= 11 is 0. The summed E-state index contributed by atoms with van der Waals surface area (Å²) in [6.07, 6.45) is 0.0660. The van der Waals surface area contributed by atoms with Crippen molar-refractivity contribution in [2.24, 2.45) is 46.3 Å². The molecule has 4 aliphatic carbocycles. The minimum atomic E-state index is -1.32. The van der Waals surface area contributed by atoms with Gasteiger partial charge in [-0.25, -0.2) is 4.79 Å². The Balaban J connectivity index is 1.33. The SMILES string of the molecule is COc1ccc(C(=O)O[C@@H]2[C@@H](O)[C@H](C)O[C@@H](O[C@H]3C[C@H]4[C@@H]5CC=C6C[C@@H](O)CC[C@]6(C)[C@H]5[C@H](O)C[C@]4(C)[C@@H]3[C@H](C)[C@@H](O)CCC(C)C)[C@@H]2OC(C)=O)cc1. The fourth-order valence-electron chi connectivity index (χ4n) is 11.5. The smallest absolute Gasteiger partial charge is 0.338 e. The molecule has 1 aromatic carbocycles. The van der Waals surface area contributed by atoms with Gasteiger partial charge in [0.05, 0.1) is 43.2 Å². The van der Waals surface area contributed by atoms with Crippen LogP contribution in [0.25, 0.3) is 0 Å². The summed E-state index contributed by atoms with van der Waals surface area (Å²) in [7, 11) is 1.53. The van der Waals surface area contributed by atoms with E-state index in [4.69, 9.17) is 23.7 Å². The quantitative estimate of drug-likeness (QED) is 0.165. The molecule has 0 amide bonds. The molecule has 1 heterocycles. The van der Waals surface area contributed by atoms with Gasteiger partial charge in [0.15, 0.2) is 18.5 Å². The summed E-state index contributed by atoms with van der Waals surface area (Å²) in [5.41, 5.74) is 0.875. The second-order valence-electron chi connectivity index (χ2n) is 18.1. The molecule has 16 atom stereocenters. The number of aliphatic hydroxyl groups is 4. The van der Waals surface area contributed by atoms with Gasteiger partial charge in [-0.15, -0.1) is 0 Å². The second-order valence-corrected chi connectivity index (χ2v) is 18.1. The number of hydrogen-bond donors (Lipinski definition) is 4. The van der Waals surface area contributed by atoms with Crippen LogP contribution in [-0.4, -0.2) is 94.6 Å². The van der Waals surface area contributed by atoms with Gasteiger partial charge >= 0.3 is 11.9 Å². The van der Waals surface area contributed by atoms with Crippen molar-refractivity contribution in [2.45, 2.75) is 155 Å². The van der Waals surface area contributed by atoms with Gasteiger partial charge in [-0.2, -0.15) is 0 Å². The number of carbonyl (C=O) groups is 2. The Morgan fingerprint density at radius 1 is 1.02 bits per heavy atom. The summed E-state index contributed by atoms with van der Waals surface area (Å²) in [6, 6.07) is 6.39. The molecule has 1 aromatic rings. The van der Waals surface area contributed by atoms with Gasteiger partial charge in [0.25, 0.3) is 0 Å². The van der Waals surface area contributed by atoms with E-state index < -0.39 is 66.4 Å². The Labute approximate surface area is 320 Å². The number of hydrogen-bond acceptors (Lipinski definition) is 11. The van der Waals surface area contributed by atoms with Crippen LogP contribution in [0.15, 0.2) is 35.9 Å². The van der Waals surface area contributed by atoms with Gasteiger partial charge in [0.1, 0.15) is 11.9 Å². The van der Waals surface area contributed by atoms with Crippen molar-refractivity contribution < 1.29 is 53.7 Å². The predicted octanol–water partition coefficient (Wildman–Crippen LogP) is 5.60. The molecule has 5 aliphatic rings. The highest BCUT2D eigenvalue weighted by Gasteiger charge is 2.66. The summed E-state index contributed by atoms with van der Waals surface area (Å²) in [6.45, 7) is 13.8. The van der Waals surface area contributed by atoms with Gasteiger partial charge in [-0.3, -0.25) is 4.79 Å². The first-order valence-electron chi connectivity index (χ1n) is 20.2. The Morgan fingerprint density at radius 3 is 2.37 bits per heavy atom. The minimum Gasteiger partial charge on any atom is -0.497 e. The molecule has 0 spiro atoms. The second kappa shape index (κ2) is 16.1. The monoisotopic (exact) mass is 756 g/mol. The summed E-state index contributed by atoms with van der Waals surface area (Å²) in [4.78, 5) is 26.0. The molecule has 1 aliphatic heterocycles. The maximum atomic E-state index is 13.4. The maximum Gasteiger partial charge on any atom is 0.338 e. The van der Waals surface area contributed by atoms with Crippen LogP contribution in [0.4, 0.5) is 0 Å². The number of aliphatic hydroxyl groups excluding tert-OH is 4. The van der Waals surface area contributed by atoms with Crippen molar-refractivity contribution >= 4 is 11.9 Å². The van der Waals surface area contributed by atoms with Gasteiger partial charge in [0.2, 0.25) is 0 Å². The lowest BCUT2D eigenvalue weighted by molar-refractivity contribution is -0.311. The number of ether oxygens (including phenoxy) is 5. The molecule has 0 bridgehead atoms. The van der Waals surface area contributed by atoms with E-state index >= 15 is 0 Å². The van der Waals surface area contributed by atoms with E-state index in [0.29, 0.717) is 43.8 Å². The molecule has 54 heavy (non-hydrogen) atoms. The molecular formula is C43H64O11. The van der Waals surface area contributed by atoms with Crippen LogP contribution >= 0.6 is 0 Å². The van der Waals surface area contributed by atoms with Crippen LogP contribution in [0.3, 0.4) is 0 Å². The lowest BCUT2D eigenvalue weighted by Crippen LogP contribution is -2.61. The summed E-state index contributed by atoms with van der Waals surface area (Å²) < 4.78 is 30.2. The zero-order valence-electron chi connectivity index (χ0n) is 33.4. The van der Waals surface area contributed by atoms with Crippen molar-refractivity contribution in [3.8, 4) is 5.75 Å². The first-order chi connectivity index (χ1) is 25.5. The third kappa shape index (κ3) is 7.75. The van der Waals surface area contributed by atoms with Crippen LogP contribution < -0.4 is 4.74 Å². The molecule has 3 saturated carbocycles. The van der Waals surface area contributed by atoms with E-state index in [1.165, 1.54) is 19.6 Å². The van der Waals surface area contributed by atoms with Crippen LogP contribution in [0.5, 0.6) is 5.75 Å². The van der Waals surface area contributed by atoms with E-state index in [2.05, 4.69) is 40.7 Å². The number of esters is 2. The lowest BCUT2D eigenvalue weighted by Gasteiger charge is -2.60. The Kier molecular flexibility index (Phi) is 12.3. The highest BCUT2D eigenvalue weighted by molar-refractivity contribution is 5.89. The van der Waals surface area contributed by atoms with Gasteiger partial charge < -0.3 is 44.1 Å². The van der Waals surface area contributed by atoms with Gasteiger partial charge in [-0.1, -0.05) is 46.3 Å². The molecule has 6 rings (SSSR count). The first kappa shape index (κ1) is 41.1. The molecule has 1 saturated heterocycles. The lowest BCUT2D eigenvalue weighted by atomic mass is 9.46. The third-order valence-electron chi connectivity index (χ3n) is 14.2. The number of allylic oxidation sites excluding steroid dienone is 1. The molecule has 302 valence electrons. The number of benzene rings is 1. The zero-order chi connectivity index (χ0) is 39.3. The Bertz CT molecular complexity index is 1510. The van der Waals surface area contributed by atoms with E-state index in [9.17, 15) is 30.0 Å². The molecule has 11 heteroatoms. The molecule has 0 radical (unpaired) electrons. The molecular weight excluding hydrogens is 692 g/mol. The van der Waals surface area contributed by atoms with Gasteiger partial charge in [0, 0.05) is 6.92 Å². The van der Waals surface area contributed by atoms with Crippen molar-refractivity contribution in [3.63, 3.8) is 0 Å².